The maximum atomic E-state index is 12.6. The summed E-state index contributed by atoms with van der Waals surface area (Å²) in [6, 6.07) is 21.1. The largest absolute Gasteiger partial charge is 0.497 e. The molecule has 5 rings (SSSR count). The zero-order valence-corrected chi connectivity index (χ0v) is 22.6. The van der Waals surface area contributed by atoms with Crippen LogP contribution in [0.15, 0.2) is 83.9 Å². The molecule has 40 heavy (non-hydrogen) atoms. The number of carbonyl (C=O) groups excluding carboxylic acids is 1. The minimum Gasteiger partial charge on any atom is -0.497 e. The summed E-state index contributed by atoms with van der Waals surface area (Å²) in [4.78, 5) is 21.6. The van der Waals surface area contributed by atoms with Crippen LogP contribution in [0.3, 0.4) is 0 Å². The zero-order valence-electron chi connectivity index (χ0n) is 21.8. The van der Waals surface area contributed by atoms with Crippen molar-refractivity contribution in [3.8, 4) is 16.9 Å². The number of anilines is 4. The highest BCUT2D eigenvalue weighted by Gasteiger charge is 2.16. The first-order valence-electron chi connectivity index (χ1n) is 12.7. The van der Waals surface area contributed by atoms with Crippen LogP contribution < -0.4 is 30.7 Å². The maximum absolute atomic E-state index is 12.6. The summed E-state index contributed by atoms with van der Waals surface area (Å²) in [6.45, 7) is 1.14. The van der Waals surface area contributed by atoms with Crippen LogP contribution >= 0.6 is 0 Å². The molecule has 1 aromatic heterocycles. The van der Waals surface area contributed by atoms with Crippen molar-refractivity contribution >= 4 is 39.2 Å². The SMILES string of the molecule is COc1ccc(NC(=O)NCc2ccc(-c3cnc4nc3NCCCNS(=O)(=O)c3cccc(c3)N4)cc2)cc1. The van der Waals surface area contributed by atoms with Crippen LogP contribution in [-0.4, -0.2) is 44.6 Å². The molecule has 2 heterocycles. The van der Waals surface area contributed by atoms with Gasteiger partial charge in [0.1, 0.15) is 11.6 Å². The van der Waals surface area contributed by atoms with Crippen molar-refractivity contribution in [2.75, 3.05) is 36.1 Å². The topological polar surface area (TPSA) is 146 Å². The van der Waals surface area contributed by atoms with Gasteiger partial charge in [-0.3, -0.25) is 0 Å². The summed E-state index contributed by atoms with van der Waals surface area (Å²) in [6.07, 6.45) is 2.29. The van der Waals surface area contributed by atoms with Crippen molar-refractivity contribution < 1.29 is 17.9 Å². The van der Waals surface area contributed by atoms with Gasteiger partial charge in [0.25, 0.3) is 0 Å². The molecule has 11 nitrogen and oxygen atoms in total. The van der Waals surface area contributed by atoms with Crippen LogP contribution in [0, 0.1) is 0 Å². The van der Waals surface area contributed by atoms with E-state index in [2.05, 4.69) is 36.0 Å². The van der Waals surface area contributed by atoms with E-state index in [1.54, 1.807) is 61.8 Å². The number of methoxy groups -OCH3 is 1. The molecule has 1 aliphatic heterocycles. The van der Waals surface area contributed by atoms with Gasteiger partial charge in [-0.25, -0.2) is 22.9 Å². The van der Waals surface area contributed by atoms with E-state index >= 15 is 0 Å². The second kappa shape index (κ2) is 12.0. The Balaban J connectivity index is 1.28. The summed E-state index contributed by atoms with van der Waals surface area (Å²) in [5.74, 6) is 1.68. The number of rotatable bonds is 5. The number of hydrogen-bond donors (Lipinski definition) is 5. The van der Waals surface area contributed by atoms with Crippen LogP contribution in [0.25, 0.3) is 11.1 Å². The van der Waals surface area contributed by atoms with Crippen LogP contribution in [0.1, 0.15) is 12.0 Å². The summed E-state index contributed by atoms with van der Waals surface area (Å²) < 4.78 is 32.9. The van der Waals surface area contributed by atoms with Crippen LogP contribution in [0.2, 0.25) is 0 Å². The molecule has 12 heteroatoms. The molecule has 4 aromatic rings. The standard InChI is InChI=1S/C28H29N7O4S/c1-39-23-12-10-21(11-13-23)34-28(36)31-17-19-6-8-20(9-7-19)25-18-30-27-33-22-4-2-5-24(16-22)40(37,38)32-15-3-14-29-26(25)35-27/h2,4-13,16,18,32H,3,14-15,17H2,1H3,(H2,31,34,36)(H2,29,30,33,35). The maximum Gasteiger partial charge on any atom is 0.319 e. The van der Waals surface area contributed by atoms with Crippen molar-refractivity contribution in [3.63, 3.8) is 0 Å². The van der Waals surface area contributed by atoms with Gasteiger partial charge in [-0.05, 0) is 60.0 Å². The van der Waals surface area contributed by atoms with Gasteiger partial charge in [0.15, 0.2) is 0 Å². The predicted molar refractivity (Wildman–Crippen MR) is 154 cm³/mol. The molecule has 4 bridgehead atoms. The van der Waals surface area contributed by atoms with E-state index in [4.69, 9.17) is 4.74 Å². The normalized spacial score (nSPS) is 14.2. The molecule has 1 aliphatic rings. The molecule has 0 unspecified atom stereocenters. The first-order chi connectivity index (χ1) is 19.4. The first-order valence-corrected chi connectivity index (χ1v) is 14.1. The Labute approximate surface area is 232 Å². The van der Waals surface area contributed by atoms with Crippen LogP contribution in [0.4, 0.5) is 27.9 Å². The Morgan fingerprint density at radius 3 is 2.60 bits per heavy atom. The Kier molecular flexibility index (Phi) is 8.08. The van der Waals surface area contributed by atoms with Gasteiger partial charge in [0.2, 0.25) is 16.0 Å². The number of ether oxygens (including phenoxy) is 1. The van der Waals surface area contributed by atoms with E-state index in [1.807, 2.05) is 24.3 Å². The van der Waals surface area contributed by atoms with E-state index < -0.39 is 10.0 Å². The highest BCUT2D eigenvalue weighted by atomic mass is 32.2. The second-order valence-corrected chi connectivity index (χ2v) is 10.8. The van der Waals surface area contributed by atoms with E-state index in [1.165, 1.54) is 0 Å². The number of sulfonamides is 1. The van der Waals surface area contributed by atoms with Gasteiger partial charge in [0, 0.05) is 42.8 Å². The Morgan fingerprint density at radius 1 is 1.02 bits per heavy atom. The molecule has 0 spiro atoms. The monoisotopic (exact) mass is 559 g/mol. The second-order valence-electron chi connectivity index (χ2n) is 9.02. The molecule has 0 fully saturated rings. The van der Waals surface area contributed by atoms with Gasteiger partial charge in [-0.2, -0.15) is 4.98 Å². The van der Waals surface area contributed by atoms with Gasteiger partial charge in [-0.15, -0.1) is 0 Å². The van der Waals surface area contributed by atoms with Crippen LogP contribution in [0.5, 0.6) is 5.75 Å². The van der Waals surface area contributed by atoms with Crippen molar-refractivity contribution in [2.24, 2.45) is 0 Å². The summed E-state index contributed by atoms with van der Waals surface area (Å²) in [5.41, 5.74) is 3.85. The molecule has 0 saturated heterocycles. The number of nitrogens with zero attached hydrogens (tertiary/aromatic N) is 2. The lowest BCUT2D eigenvalue weighted by molar-refractivity contribution is 0.251. The number of carbonyl (C=O) groups is 1. The lowest BCUT2D eigenvalue weighted by Crippen LogP contribution is -2.28. The number of hydrogen-bond acceptors (Lipinski definition) is 8. The lowest BCUT2D eigenvalue weighted by Gasteiger charge is -2.14. The first kappa shape index (κ1) is 26.9. The molecule has 0 saturated carbocycles. The van der Waals surface area contributed by atoms with Gasteiger partial charge < -0.3 is 26.0 Å². The van der Waals surface area contributed by atoms with Crippen LogP contribution in [-0.2, 0) is 16.6 Å². The van der Waals surface area contributed by atoms with Crippen molar-refractivity contribution in [1.82, 2.24) is 20.0 Å². The summed E-state index contributed by atoms with van der Waals surface area (Å²) in [7, 11) is -2.02. The number of fused-ring (bicyclic) bond motifs is 4. The molecule has 2 amide bonds. The molecule has 5 N–H and O–H groups in total. The number of urea groups is 1. The Morgan fingerprint density at radius 2 is 1.82 bits per heavy atom. The van der Waals surface area contributed by atoms with Crippen molar-refractivity contribution in [3.05, 3.63) is 84.6 Å². The molecule has 206 valence electrons. The Hall–Kier alpha value is -4.68. The van der Waals surface area contributed by atoms with E-state index in [-0.39, 0.29) is 17.5 Å². The molecular weight excluding hydrogens is 530 g/mol. The minimum atomic E-state index is -3.61. The highest BCUT2D eigenvalue weighted by Crippen LogP contribution is 2.28. The van der Waals surface area contributed by atoms with E-state index in [0.29, 0.717) is 48.4 Å². The highest BCUT2D eigenvalue weighted by molar-refractivity contribution is 7.89. The number of aromatic nitrogens is 2. The number of benzene rings is 3. The fourth-order valence-electron chi connectivity index (χ4n) is 4.08. The third-order valence-electron chi connectivity index (χ3n) is 6.19. The fraction of sp³-hybridized carbons (Fsp3) is 0.179. The average molecular weight is 560 g/mol. The third-order valence-corrected chi connectivity index (χ3v) is 7.65. The van der Waals surface area contributed by atoms with Gasteiger partial charge in [-0.1, -0.05) is 30.3 Å². The molecule has 0 atom stereocenters. The average Bonchev–Trinajstić information content (AvgIpc) is 2.97. The third kappa shape index (κ3) is 6.65. The number of nitrogens with one attached hydrogen (secondary N) is 5. The molecular formula is C28H29N7O4S. The minimum absolute atomic E-state index is 0.175. The van der Waals surface area contributed by atoms with Gasteiger partial charge in [0.05, 0.1) is 12.0 Å². The molecule has 3 aromatic carbocycles. The van der Waals surface area contributed by atoms with E-state index in [9.17, 15) is 13.2 Å². The zero-order chi connectivity index (χ0) is 28.0. The van der Waals surface area contributed by atoms with Crippen molar-refractivity contribution in [1.29, 1.82) is 0 Å². The lowest BCUT2D eigenvalue weighted by atomic mass is 10.1. The van der Waals surface area contributed by atoms with E-state index in [0.717, 1.165) is 16.7 Å². The van der Waals surface area contributed by atoms with Crippen molar-refractivity contribution in [2.45, 2.75) is 17.9 Å². The smallest absolute Gasteiger partial charge is 0.319 e. The molecule has 0 radical (unpaired) electrons. The summed E-state index contributed by atoms with van der Waals surface area (Å²) >= 11 is 0. The fourth-order valence-corrected chi connectivity index (χ4v) is 5.20. The quantitative estimate of drug-likeness (QED) is 0.243. The number of amides is 2. The summed E-state index contributed by atoms with van der Waals surface area (Å²) in [5, 5.41) is 12.0. The predicted octanol–water partition coefficient (Wildman–Crippen LogP) is 4.31. The Bertz CT molecular complexity index is 1590. The van der Waals surface area contributed by atoms with Gasteiger partial charge >= 0.3 is 6.03 Å². The molecule has 0 aliphatic carbocycles.